The smallest absolute Gasteiger partial charge is 0.269 e. The SMILES string of the molecule is O=C(c1cc(-c2ccccc2)nc2ccccc12)N(Cc1ccc([N+](=O)[O-])cc1)c1ccc(Cl)cc1. The van der Waals surface area contributed by atoms with Gasteiger partial charge in [0.15, 0.2) is 0 Å². The second kappa shape index (κ2) is 9.98. The van der Waals surface area contributed by atoms with Crippen LogP contribution in [0.15, 0.2) is 109 Å². The summed E-state index contributed by atoms with van der Waals surface area (Å²) in [6.45, 7) is 0.218. The third kappa shape index (κ3) is 4.80. The lowest BCUT2D eigenvalue weighted by Crippen LogP contribution is -2.30. The van der Waals surface area contributed by atoms with E-state index in [1.54, 1.807) is 41.3 Å². The Kier molecular flexibility index (Phi) is 6.43. The van der Waals surface area contributed by atoms with Crippen LogP contribution in [0.25, 0.3) is 22.2 Å². The Bertz CT molecular complexity index is 1550. The molecule has 0 bridgehead atoms. The van der Waals surface area contributed by atoms with Crippen LogP contribution in [0.2, 0.25) is 5.02 Å². The predicted molar refractivity (Wildman–Crippen MR) is 142 cm³/mol. The highest BCUT2D eigenvalue weighted by Gasteiger charge is 2.22. The summed E-state index contributed by atoms with van der Waals surface area (Å²) in [6.07, 6.45) is 0. The number of carbonyl (C=O) groups excluding carboxylic acids is 1. The molecule has 0 fully saturated rings. The zero-order chi connectivity index (χ0) is 25.1. The van der Waals surface area contributed by atoms with Crippen LogP contribution in [-0.2, 0) is 6.54 Å². The molecule has 0 saturated heterocycles. The second-order valence-electron chi connectivity index (χ2n) is 8.23. The number of amides is 1. The van der Waals surface area contributed by atoms with Gasteiger partial charge in [0.05, 0.1) is 28.2 Å². The summed E-state index contributed by atoms with van der Waals surface area (Å²) < 4.78 is 0. The molecule has 0 aliphatic rings. The third-order valence-electron chi connectivity index (χ3n) is 5.89. The van der Waals surface area contributed by atoms with Gasteiger partial charge in [-0.2, -0.15) is 0 Å². The molecule has 0 aliphatic carbocycles. The molecular weight excluding hydrogens is 474 g/mol. The van der Waals surface area contributed by atoms with E-state index in [0.717, 1.165) is 16.5 Å². The van der Waals surface area contributed by atoms with Crippen LogP contribution in [0.5, 0.6) is 0 Å². The molecule has 7 heteroatoms. The van der Waals surface area contributed by atoms with Gasteiger partial charge in [-0.3, -0.25) is 14.9 Å². The van der Waals surface area contributed by atoms with Gasteiger partial charge >= 0.3 is 0 Å². The number of nitro benzene ring substituents is 1. The summed E-state index contributed by atoms with van der Waals surface area (Å²) in [6, 6.07) is 32.3. The molecule has 0 aliphatic heterocycles. The van der Waals surface area contributed by atoms with Crippen LogP contribution in [0.4, 0.5) is 11.4 Å². The molecule has 0 radical (unpaired) electrons. The summed E-state index contributed by atoms with van der Waals surface area (Å²) in [5, 5.41) is 12.4. The average molecular weight is 494 g/mol. The van der Waals surface area contributed by atoms with Gasteiger partial charge in [-0.1, -0.05) is 72.3 Å². The van der Waals surface area contributed by atoms with Gasteiger partial charge in [-0.25, -0.2) is 4.98 Å². The van der Waals surface area contributed by atoms with E-state index < -0.39 is 4.92 Å². The zero-order valence-corrected chi connectivity index (χ0v) is 19.8. The van der Waals surface area contributed by atoms with Crippen molar-refractivity contribution in [1.29, 1.82) is 0 Å². The molecule has 1 amide bonds. The number of para-hydroxylation sites is 1. The van der Waals surface area contributed by atoms with E-state index in [0.29, 0.717) is 27.5 Å². The zero-order valence-electron chi connectivity index (χ0n) is 19.0. The lowest BCUT2D eigenvalue weighted by Gasteiger charge is -2.24. The topological polar surface area (TPSA) is 76.3 Å². The Hall–Kier alpha value is -4.55. The van der Waals surface area contributed by atoms with E-state index in [-0.39, 0.29) is 18.1 Å². The molecule has 5 aromatic rings. The summed E-state index contributed by atoms with van der Waals surface area (Å²) in [5.41, 5.74) is 4.24. The fourth-order valence-electron chi connectivity index (χ4n) is 4.06. The molecule has 0 saturated carbocycles. The molecule has 0 atom stereocenters. The van der Waals surface area contributed by atoms with Crippen molar-refractivity contribution >= 4 is 39.8 Å². The highest BCUT2D eigenvalue weighted by molar-refractivity contribution is 6.30. The van der Waals surface area contributed by atoms with Gasteiger partial charge in [-0.15, -0.1) is 0 Å². The molecule has 1 aromatic heterocycles. The Morgan fingerprint density at radius 2 is 1.53 bits per heavy atom. The largest absolute Gasteiger partial charge is 0.304 e. The highest BCUT2D eigenvalue weighted by atomic mass is 35.5. The van der Waals surface area contributed by atoms with Crippen molar-refractivity contribution in [3.63, 3.8) is 0 Å². The van der Waals surface area contributed by atoms with Gasteiger partial charge in [0, 0.05) is 33.8 Å². The minimum Gasteiger partial charge on any atom is -0.304 e. The number of halogens is 1. The molecule has 1 heterocycles. The molecule has 0 unspecified atom stereocenters. The molecular formula is C29H20ClN3O3. The van der Waals surface area contributed by atoms with E-state index in [4.69, 9.17) is 16.6 Å². The van der Waals surface area contributed by atoms with Gasteiger partial charge in [-0.05, 0) is 42.0 Å². The van der Waals surface area contributed by atoms with E-state index in [2.05, 4.69) is 0 Å². The minimum atomic E-state index is -0.444. The van der Waals surface area contributed by atoms with E-state index in [1.165, 1.54) is 12.1 Å². The first kappa shape index (κ1) is 23.2. The fourth-order valence-corrected chi connectivity index (χ4v) is 4.19. The van der Waals surface area contributed by atoms with E-state index >= 15 is 0 Å². The summed E-state index contributed by atoms with van der Waals surface area (Å²) in [5.74, 6) is -0.216. The monoisotopic (exact) mass is 493 g/mol. The second-order valence-corrected chi connectivity index (χ2v) is 8.67. The van der Waals surface area contributed by atoms with Crippen LogP contribution >= 0.6 is 11.6 Å². The number of hydrogen-bond acceptors (Lipinski definition) is 4. The summed E-state index contributed by atoms with van der Waals surface area (Å²) >= 11 is 6.11. The van der Waals surface area contributed by atoms with Crippen molar-refractivity contribution < 1.29 is 9.72 Å². The molecule has 0 N–H and O–H groups in total. The number of non-ortho nitro benzene ring substituents is 1. The Labute approximate surface area is 212 Å². The predicted octanol–water partition coefficient (Wildman–Crippen LogP) is 7.31. The van der Waals surface area contributed by atoms with Gasteiger partial charge in [0.25, 0.3) is 11.6 Å². The average Bonchev–Trinajstić information content (AvgIpc) is 2.92. The lowest BCUT2D eigenvalue weighted by atomic mass is 10.0. The first-order chi connectivity index (χ1) is 17.5. The molecule has 6 nitrogen and oxygen atoms in total. The van der Waals surface area contributed by atoms with Crippen molar-refractivity contribution in [2.45, 2.75) is 6.54 Å². The number of nitro groups is 1. The lowest BCUT2D eigenvalue weighted by molar-refractivity contribution is -0.384. The maximum absolute atomic E-state index is 14.2. The molecule has 5 rings (SSSR count). The van der Waals surface area contributed by atoms with Crippen molar-refractivity contribution in [1.82, 2.24) is 4.98 Å². The maximum Gasteiger partial charge on any atom is 0.269 e. The number of aromatic nitrogens is 1. The number of carbonyl (C=O) groups is 1. The van der Waals surface area contributed by atoms with E-state index in [9.17, 15) is 14.9 Å². The minimum absolute atomic E-state index is 0.00394. The van der Waals surface area contributed by atoms with E-state index in [1.807, 2.05) is 60.7 Å². The van der Waals surface area contributed by atoms with Gasteiger partial charge in [0.2, 0.25) is 0 Å². The fraction of sp³-hybridized carbons (Fsp3) is 0.0345. The first-order valence-electron chi connectivity index (χ1n) is 11.3. The molecule has 176 valence electrons. The standard InChI is InChI=1S/C29H20ClN3O3/c30-22-12-16-23(17-13-22)32(19-20-10-14-24(15-11-20)33(35)36)29(34)26-18-28(21-6-2-1-3-7-21)31-27-9-5-4-8-25(26)27/h1-18H,19H2. The van der Waals surface area contributed by atoms with Crippen LogP contribution in [0.3, 0.4) is 0 Å². The highest BCUT2D eigenvalue weighted by Crippen LogP contribution is 2.29. The van der Waals surface area contributed by atoms with Crippen LogP contribution in [0.1, 0.15) is 15.9 Å². The molecule has 36 heavy (non-hydrogen) atoms. The molecule has 0 spiro atoms. The Balaban J connectivity index is 1.62. The molecule has 4 aromatic carbocycles. The number of benzene rings is 4. The summed E-state index contributed by atoms with van der Waals surface area (Å²) in [4.78, 5) is 31.2. The van der Waals surface area contributed by atoms with Crippen molar-refractivity contribution in [3.05, 3.63) is 135 Å². The van der Waals surface area contributed by atoms with Gasteiger partial charge < -0.3 is 4.90 Å². The number of hydrogen-bond donors (Lipinski definition) is 0. The van der Waals surface area contributed by atoms with Crippen molar-refractivity contribution in [2.24, 2.45) is 0 Å². The maximum atomic E-state index is 14.2. The van der Waals surface area contributed by atoms with Gasteiger partial charge in [0.1, 0.15) is 0 Å². The third-order valence-corrected chi connectivity index (χ3v) is 6.14. The van der Waals surface area contributed by atoms with Crippen LogP contribution in [0, 0.1) is 10.1 Å². The number of rotatable bonds is 6. The Morgan fingerprint density at radius 1 is 0.861 bits per heavy atom. The number of anilines is 1. The number of fused-ring (bicyclic) bond motifs is 1. The van der Waals surface area contributed by atoms with Crippen LogP contribution in [-0.4, -0.2) is 15.8 Å². The normalized spacial score (nSPS) is 10.8. The number of nitrogens with zero attached hydrogens (tertiary/aromatic N) is 3. The quantitative estimate of drug-likeness (QED) is 0.183. The Morgan fingerprint density at radius 3 is 2.22 bits per heavy atom. The van der Waals surface area contributed by atoms with Crippen LogP contribution < -0.4 is 4.90 Å². The van der Waals surface area contributed by atoms with Crippen molar-refractivity contribution in [3.8, 4) is 11.3 Å². The van der Waals surface area contributed by atoms with Crippen molar-refractivity contribution in [2.75, 3.05) is 4.90 Å². The first-order valence-corrected chi connectivity index (χ1v) is 11.6. The number of pyridine rings is 1. The summed E-state index contributed by atoms with van der Waals surface area (Å²) in [7, 11) is 0.